The maximum absolute atomic E-state index is 13.2. The molecule has 0 unspecified atom stereocenters. The molecule has 3 aromatic carbocycles. The number of benzene rings is 3. The van der Waals surface area contributed by atoms with Crippen LogP contribution in [0.4, 0.5) is 10.1 Å². The van der Waals surface area contributed by atoms with E-state index in [1.165, 1.54) is 11.6 Å². The van der Waals surface area contributed by atoms with Gasteiger partial charge in [0.15, 0.2) is 0 Å². The second-order valence-corrected chi connectivity index (χ2v) is 6.84. The molecule has 0 saturated heterocycles. The summed E-state index contributed by atoms with van der Waals surface area (Å²) in [4.78, 5) is 0. The van der Waals surface area contributed by atoms with E-state index in [4.69, 9.17) is 27.9 Å². The molecule has 3 rings (SSSR count). The van der Waals surface area contributed by atoms with Crippen LogP contribution in [0.3, 0.4) is 0 Å². The Hall–Kier alpha value is -2.23. The van der Waals surface area contributed by atoms with Gasteiger partial charge in [-0.3, -0.25) is 0 Å². The zero-order chi connectivity index (χ0) is 18.5. The van der Waals surface area contributed by atoms with E-state index in [0.29, 0.717) is 23.9 Å². The summed E-state index contributed by atoms with van der Waals surface area (Å²) in [6.07, 6.45) is 0. The molecule has 0 aromatic heterocycles. The molecule has 0 spiro atoms. The Morgan fingerprint density at radius 3 is 2.31 bits per heavy atom. The van der Waals surface area contributed by atoms with Gasteiger partial charge in [-0.25, -0.2) is 4.39 Å². The van der Waals surface area contributed by atoms with E-state index in [2.05, 4.69) is 17.4 Å². The third-order valence-corrected chi connectivity index (χ3v) is 4.51. The van der Waals surface area contributed by atoms with Gasteiger partial charge < -0.3 is 10.1 Å². The van der Waals surface area contributed by atoms with E-state index in [0.717, 1.165) is 16.8 Å². The number of anilines is 1. The van der Waals surface area contributed by atoms with Gasteiger partial charge in [-0.2, -0.15) is 0 Å². The molecule has 0 aliphatic rings. The van der Waals surface area contributed by atoms with Crippen molar-refractivity contribution in [3.63, 3.8) is 0 Å². The van der Waals surface area contributed by atoms with Gasteiger partial charge in [0.1, 0.15) is 18.2 Å². The van der Waals surface area contributed by atoms with Gasteiger partial charge in [0.2, 0.25) is 0 Å². The largest absolute Gasteiger partial charge is 0.487 e. The highest BCUT2D eigenvalue weighted by Crippen LogP contribution is 2.27. The van der Waals surface area contributed by atoms with Gasteiger partial charge in [-0.05, 0) is 48.4 Å². The molecule has 26 heavy (non-hydrogen) atoms. The number of ether oxygens (including phenoxy) is 1. The highest BCUT2D eigenvalue weighted by molar-refractivity contribution is 6.32. The predicted octanol–water partition coefficient (Wildman–Crippen LogP) is 6.63. The smallest absolute Gasteiger partial charge is 0.141 e. The number of nitrogens with one attached hydrogen (secondary N) is 1. The Kier molecular flexibility index (Phi) is 6.02. The average molecular weight is 390 g/mol. The van der Waals surface area contributed by atoms with Crippen molar-refractivity contribution in [3.8, 4) is 5.75 Å². The topological polar surface area (TPSA) is 21.3 Å². The fourth-order valence-corrected chi connectivity index (χ4v) is 2.87. The Balaban J connectivity index is 1.59. The first-order valence-electron chi connectivity index (χ1n) is 8.17. The van der Waals surface area contributed by atoms with Crippen molar-refractivity contribution in [2.24, 2.45) is 0 Å². The SMILES string of the molecule is Cc1ccc(COc2ccc(CNc3ccc(F)c(Cl)c3)cc2Cl)cc1. The molecule has 0 saturated carbocycles. The fourth-order valence-electron chi connectivity index (χ4n) is 2.43. The second kappa shape index (κ2) is 8.43. The molecule has 0 radical (unpaired) electrons. The molecule has 3 aromatic rings. The Morgan fingerprint density at radius 1 is 0.885 bits per heavy atom. The van der Waals surface area contributed by atoms with Crippen LogP contribution < -0.4 is 10.1 Å². The van der Waals surface area contributed by atoms with Crippen molar-refractivity contribution in [2.45, 2.75) is 20.1 Å². The maximum atomic E-state index is 13.2. The zero-order valence-electron chi connectivity index (χ0n) is 14.2. The van der Waals surface area contributed by atoms with Crippen molar-refractivity contribution in [3.05, 3.63) is 93.2 Å². The van der Waals surface area contributed by atoms with Gasteiger partial charge in [0, 0.05) is 12.2 Å². The van der Waals surface area contributed by atoms with Crippen LogP contribution in [0.5, 0.6) is 5.75 Å². The lowest BCUT2D eigenvalue weighted by Gasteiger charge is -2.11. The number of hydrogen-bond acceptors (Lipinski definition) is 2. The van der Waals surface area contributed by atoms with E-state index in [-0.39, 0.29) is 5.02 Å². The van der Waals surface area contributed by atoms with Crippen molar-refractivity contribution in [2.75, 3.05) is 5.32 Å². The summed E-state index contributed by atoms with van der Waals surface area (Å²) in [6.45, 7) is 3.06. The minimum absolute atomic E-state index is 0.0906. The van der Waals surface area contributed by atoms with Crippen molar-refractivity contribution in [1.82, 2.24) is 0 Å². The van der Waals surface area contributed by atoms with Gasteiger partial charge in [0.25, 0.3) is 0 Å². The van der Waals surface area contributed by atoms with Crippen LogP contribution in [0.25, 0.3) is 0 Å². The molecule has 0 aliphatic carbocycles. The summed E-state index contributed by atoms with van der Waals surface area (Å²) in [6, 6.07) is 18.3. The lowest BCUT2D eigenvalue weighted by atomic mass is 10.1. The highest BCUT2D eigenvalue weighted by atomic mass is 35.5. The molecule has 0 amide bonds. The third kappa shape index (κ3) is 4.90. The van der Waals surface area contributed by atoms with Crippen LogP contribution in [0.2, 0.25) is 10.0 Å². The van der Waals surface area contributed by atoms with Crippen LogP contribution in [-0.2, 0) is 13.2 Å². The fraction of sp³-hybridized carbons (Fsp3) is 0.143. The predicted molar refractivity (Wildman–Crippen MR) is 106 cm³/mol. The Morgan fingerprint density at radius 2 is 1.62 bits per heavy atom. The van der Waals surface area contributed by atoms with E-state index < -0.39 is 5.82 Å². The minimum Gasteiger partial charge on any atom is -0.487 e. The highest BCUT2D eigenvalue weighted by Gasteiger charge is 2.05. The van der Waals surface area contributed by atoms with Crippen LogP contribution in [-0.4, -0.2) is 0 Å². The van der Waals surface area contributed by atoms with E-state index >= 15 is 0 Å². The second-order valence-electron chi connectivity index (χ2n) is 6.02. The molecule has 0 bridgehead atoms. The summed E-state index contributed by atoms with van der Waals surface area (Å²) in [5.41, 5.74) is 4.03. The number of halogens is 3. The molecule has 1 N–H and O–H groups in total. The molecular formula is C21H18Cl2FNO. The van der Waals surface area contributed by atoms with E-state index in [1.807, 2.05) is 37.3 Å². The first kappa shape index (κ1) is 18.6. The van der Waals surface area contributed by atoms with Crippen molar-refractivity contribution >= 4 is 28.9 Å². The molecular weight excluding hydrogens is 372 g/mol. The molecule has 0 aliphatic heterocycles. The zero-order valence-corrected chi connectivity index (χ0v) is 15.7. The lowest BCUT2D eigenvalue weighted by Crippen LogP contribution is -2.01. The monoisotopic (exact) mass is 389 g/mol. The molecule has 0 heterocycles. The van der Waals surface area contributed by atoms with Crippen molar-refractivity contribution < 1.29 is 9.13 Å². The van der Waals surface area contributed by atoms with Crippen LogP contribution in [0.1, 0.15) is 16.7 Å². The number of rotatable bonds is 6. The molecule has 0 atom stereocenters. The van der Waals surface area contributed by atoms with Gasteiger partial charge in [-0.1, -0.05) is 59.1 Å². The molecule has 5 heteroatoms. The van der Waals surface area contributed by atoms with Gasteiger partial charge >= 0.3 is 0 Å². The van der Waals surface area contributed by atoms with Crippen LogP contribution >= 0.6 is 23.2 Å². The third-order valence-electron chi connectivity index (χ3n) is 3.93. The van der Waals surface area contributed by atoms with Crippen LogP contribution in [0, 0.1) is 12.7 Å². The molecule has 134 valence electrons. The van der Waals surface area contributed by atoms with E-state index in [9.17, 15) is 4.39 Å². The maximum Gasteiger partial charge on any atom is 0.141 e. The van der Waals surface area contributed by atoms with E-state index in [1.54, 1.807) is 12.1 Å². The summed E-state index contributed by atoms with van der Waals surface area (Å²) < 4.78 is 19.0. The number of hydrogen-bond donors (Lipinski definition) is 1. The molecule has 2 nitrogen and oxygen atoms in total. The first-order chi connectivity index (χ1) is 12.5. The Bertz CT molecular complexity index is 897. The van der Waals surface area contributed by atoms with Crippen LogP contribution in [0.15, 0.2) is 60.7 Å². The molecule has 0 fully saturated rings. The standard InChI is InChI=1S/C21H18Cl2FNO/c1-14-2-4-15(5-3-14)13-26-21-9-6-16(10-19(21)23)12-25-17-7-8-20(24)18(22)11-17/h2-11,25H,12-13H2,1H3. The minimum atomic E-state index is -0.435. The summed E-state index contributed by atoms with van der Waals surface area (Å²) in [5, 5.41) is 3.83. The normalized spacial score (nSPS) is 10.6. The Labute approximate surface area is 162 Å². The number of aryl methyl sites for hydroxylation is 1. The average Bonchev–Trinajstić information content (AvgIpc) is 2.63. The first-order valence-corrected chi connectivity index (χ1v) is 8.92. The summed E-state index contributed by atoms with van der Waals surface area (Å²) in [5.74, 6) is 0.205. The van der Waals surface area contributed by atoms with Gasteiger partial charge in [-0.15, -0.1) is 0 Å². The summed E-state index contributed by atoms with van der Waals surface area (Å²) in [7, 11) is 0. The summed E-state index contributed by atoms with van der Waals surface area (Å²) >= 11 is 12.1. The van der Waals surface area contributed by atoms with Gasteiger partial charge in [0.05, 0.1) is 10.0 Å². The quantitative estimate of drug-likeness (QED) is 0.510. The lowest BCUT2D eigenvalue weighted by molar-refractivity contribution is 0.306. The van der Waals surface area contributed by atoms with Crippen molar-refractivity contribution in [1.29, 1.82) is 0 Å².